The molecule has 0 spiro atoms. The van der Waals surface area contributed by atoms with Crippen LogP contribution in [0.4, 0.5) is 0 Å². The molecule has 5 rings (SSSR count). The number of aromatic nitrogens is 7. The second-order valence-corrected chi connectivity index (χ2v) is 6.56. The number of aryl methyl sites for hydroxylation is 3. The third-order valence-corrected chi connectivity index (χ3v) is 4.13. The van der Waals surface area contributed by atoms with E-state index in [-0.39, 0.29) is 0 Å². The fourth-order valence-electron chi connectivity index (χ4n) is 2.59. The van der Waals surface area contributed by atoms with E-state index >= 15 is 0 Å². The number of hydrogen-bond acceptors (Lipinski definition) is 5. The van der Waals surface area contributed by atoms with Crippen molar-refractivity contribution in [2.24, 2.45) is 0 Å². The van der Waals surface area contributed by atoms with Gasteiger partial charge in [0.1, 0.15) is 6.07 Å². The molecule has 0 amide bonds. The Kier molecular flexibility index (Phi) is 9.34. The van der Waals surface area contributed by atoms with Crippen LogP contribution in [-0.4, -0.2) is 34.1 Å². The van der Waals surface area contributed by atoms with Crippen molar-refractivity contribution in [1.29, 1.82) is 5.26 Å². The molecule has 1 N–H and O–H groups in total. The van der Waals surface area contributed by atoms with Gasteiger partial charge in [0.2, 0.25) is 0 Å². The molecule has 0 aliphatic rings. The van der Waals surface area contributed by atoms with E-state index in [9.17, 15) is 0 Å². The first-order chi connectivity index (χ1) is 15.6. The zero-order valence-electron chi connectivity index (χ0n) is 19.1. The molecule has 0 radical (unpaired) electrons. The number of H-pyrrole nitrogens is 1. The van der Waals surface area contributed by atoms with E-state index in [4.69, 9.17) is 5.26 Å². The SMILES string of the molecule is CC.Cc1ccc(-n2ccnc2)cc1.Cc1cn[nH]c1.Cc1nc(C#N)cn2ccnc12. The number of benzene rings is 1. The maximum atomic E-state index is 8.61. The van der Waals surface area contributed by atoms with Crippen LogP contribution in [0, 0.1) is 32.1 Å². The maximum Gasteiger partial charge on any atom is 0.158 e. The Bertz CT molecular complexity index is 1210. The van der Waals surface area contributed by atoms with E-state index in [1.165, 1.54) is 11.1 Å². The topological polar surface area (TPSA) is 100 Å². The Hall–Kier alpha value is -4.25. The van der Waals surface area contributed by atoms with E-state index in [1.807, 2.05) is 50.7 Å². The van der Waals surface area contributed by atoms with Crippen molar-refractivity contribution >= 4 is 5.65 Å². The summed E-state index contributed by atoms with van der Waals surface area (Å²) >= 11 is 0. The second kappa shape index (κ2) is 12.4. The smallest absolute Gasteiger partial charge is 0.158 e. The number of nitrogens with zero attached hydrogens (tertiary/aromatic N) is 7. The monoisotopic (exact) mass is 428 g/mol. The largest absolute Gasteiger partial charge is 0.306 e. The minimum absolute atomic E-state index is 0.415. The second-order valence-electron chi connectivity index (χ2n) is 6.56. The highest BCUT2D eigenvalue weighted by Crippen LogP contribution is 2.08. The normalized spacial score (nSPS) is 9.38. The third kappa shape index (κ3) is 6.92. The minimum Gasteiger partial charge on any atom is -0.306 e. The summed E-state index contributed by atoms with van der Waals surface area (Å²) in [6.45, 7) is 9.91. The summed E-state index contributed by atoms with van der Waals surface area (Å²) in [6.07, 6.45) is 14.3. The van der Waals surface area contributed by atoms with Crippen molar-refractivity contribution in [3.05, 3.63) is 96.5 Å². The van der Waals surface area contributed by atoms with Gasteiger partial charge in [0.15, 0.2) is 11.3 Å². The molecule has 32 heavy (non-hydrogen) atoms. The fourth-order valence-corrected chi connectivity index (χ4v) is 2.59. The number of hydrogen-bond donors (Lipinski definition) is 1. The average Bonchev–Trinajstić information content (AvgIpc) is 3.59. The van der Waals surface area contributed by atoms with Crippen LogP contribution in [0.3, 0.4) is 0 Å². The van der Waals surface area contributed by atoms with Gasteiger partial charge < -0.3 is 8.97 Å². The van der Waals surface area contributed by atoms with E-state index in [0.717, 1.165) is 17.0 Å². The van der Waals surface area contributed by atoms with Gasteiger partial charge >= 0.3 is 0 Å². The molecule has 8 nitrogen and oxygen atoms in total. The van der Waals surface area contributed by atoms with Gasteiger partial charge in [-0.3, -0.25) is 5.10 Å². The Morgan fingerprint density at radius 1 is 0.969 bits per heavy atom. The molecule has 4 aromatic heterocycles. The molecule has 1 aromatic carbocycles. The molecule has 0 saturated heterocycles. The lowest BCUT2D eigenvalue weighted by molar-refractivity contribution is 1.06. The third-order valence-electron chi connectivity index (χ3n) is 4.13. The van der Waals surface area contributed by atoms with Crippen LogP contribution in [0.1, 0.15) is 36.4 Å². The number of fused-ring (bicyclic) bond motifs is 1. The van der Waals surface area contributed by atoms with Crippen LogP contribution in [-0.2, 0) is 0 Å². The Morgan fingerprint density at radius 2 is 1.72 bits per heavy atom. The summed E-state index contributed by atoms with van der Waals surface area (Å²) in [7, 11) is 0. The van der Waals surface area contributed by atoms with Crippen LogP contribution in [0.2, 0.25) is 0 Å². The van der Waals surface area contributed by atoms with Crippen molar-refractivity contribution < 1.29 is 0 Å². The summed E-state index contributed by atoms with van der Waals surface area (Å²) < 4.78 is 3.78. The van der Waals surface area contributed by atoms with Crippen molar-refractivity contribution in [3.63, 3.8) is 0 Å². The number of nitriles is 1. The lowest BCUT2D eigenvalue weighted by atomic mass is 10.2. The van der Waals surface area contributed by atoms with Crippen molar-refractivity contribution in [2.75, 3.05) is 0 Å². The maximum absolute atomic E-state index is 8.61. The molecular weight excluding hydrogens is 400 g/mol. The van der Waals surface area contributed by atoms with Crippen LogP contribution < -0.4 is 0 Å². The zero-order valence-corrected chi connectivity index (χ0v) is 19.1. The van der Waals surface area contributed by atoms with Gasteiger partial charge in [-0.05, 0) is 38.5 Å². The average molecular weight is 429 g/mol. The van der Waals surface area contributed by atoms with Gasteiger partial charge in [-0.25, -0.2) is 15.0 Å². The van der Waals surface area contributed by atoms with Gasteiger partial charge in [-0.15, -0.1) is 0 Å². The van der Waals surface area contributed by atoms with Crippen molar-refractivity contribution in [2.45, 2.75) is 34.6 Å². The van der Waals surface area contributed by atoms with Crippen LogP contribution in [0.15, 0.2) is 74.0 Å². The van der Waals surface area contributed by atoms with Crippen molar-refractivity contribution in [3.8, 4) is 11.8 Å². The molecule has 0 saturated carbocycles. The number of nitrogens with one attached hydrogen (secondary N) is 1. The lowest BCUT2D eigenvalue weighted by Gasteiger charge is -2.00. The molecule has 5 aromatic rings. The van der Waals surface area contributed by atoms with Crippen molar-refractivity contribution in [1.82, 2.24) is 34.1 Å². The van der Waals surface area contributed by atoms with E-state index in [0.29, 0.717) is 5.69 Å². The number of aromatic amines is 1. The van der Waals surface area contributed by atoms with Crippen LogP contribution in [0.25, 0.3) is 11.3 Å². The van der Waals surface area contributed by atoms with E-state index in [2.05, 4.69) is 56.3 Å². The highest BCUT2D eigenvalue weighted by atomic mass is 15.1. The number of imidazole rings is 2. The molecule has 164 valence electrons. The fraction of sp³-hybridized carbons (Fsp3) is 0.208. The van der Waals surface area contributed by atoms with Gasteiger partial charge in [0, 0.05) is 42.9 Å². The van der Waals surface area contributed by atoms with Gasteiger partial charge in [0.25, 0.3) is 0 Å². The first-order valence-electron chi connectivity index (χ1n) is 10.3. The molecule has 0 aliphatic carbocycles. The molecule has 8 heteroatoms. The van der Waals surface area contributed by atoms with E-state index < -0.39 is 0 Å². The molecule has 0 fully saturated rings. The molecule has 0 bridgehead atoms. The first kappa shape index (κ1) is 24.0. The van der Waals surface area contributed by atoms with E-state index in [1.54, 1.807) is 41.7 Å². The Morgan fingerprint density at radius 3 is 2.25 bits per heavy atom. The Balaban J connectivity index is 0.000000172. The molecule has 0 atom stereocenters. The summed E-state index contributed by atoms with van der Waals surface area (Å²) in [6, 6.07) is 10.3. The predicted octanol–water partition coefficient (Wildman–Crippen LogP) is 4.83. The summed E-state index contributed by atoms with van der Waals surface area (Å²) in [5.74, 6) is 0. The summed E-state index contributed by atoms with van der Waals surface area (Å²) in [5.41, 5.74) is 5.60. The zero-order chi connectivity index (χ0) is 23.3. The van der Waals surface area contributed by atoms with Gasteiger partial charge in [0.05, 0.1) is 18.2 Å². The predicted molar refractivity (Wildman–Crippen MR) is 125 cm³/mol. The van der Waals surface area contributed by atoms with Gasteiger partial charge in [-0.1, -0.05) is 31.5 Å². The first-order valence-corrected chi connectivity index (χ1v) is 10.3. The highest BCUT2D eigenvalue weighted by molar-refractivity contribution is 5.44. The highest BCUT2D eigenvalue weighted by Gasteiger charge is 2.01. The number of rotatable bonds is 1. The lowest BCUT2D eigenvalue weighted by Crippen LogP contribution is -1.94. The minimum atomic E-state index is 0.415. The van der Waals surface area contributed by atoms with Gasteiger partial charge in [-0.2, -0.15) is 10.4 Å². The molecular formula is C24H28N8. The van der Waals surface area contributed by atoms with Crippen LogP contribution in [0.5, 0.6) is 0 Å². The molecule has 4 heterocycles. The van der Waals surface area contributed by atoms with Crippen LogP contribution >= 0.6 is 0 Å². The molecule has 0 aliphatic heterocycles. The molecule has 0 unspecified atom stereocenters. The standard InChI is InChI=1S/C10H10N2.C8H6N4.C4H6N2.C2H6/c1-9-2-4-10(5-3-9)12-7-6-11-8-12;1-6-8-10-2-3-12(8)5-7(4-9)11-6;1-4-2-5-6-3-4;1-2/h2-8H,1H3;2-3,5H,1H3;2-3H,1H3,(H,5,6);1-2H3. The quantitative estimate of drug-likeness (QED) is 0.412. The summed E-state index contributed by atoms with van der Waals surface area (Å²) in [4.78, 5) is 12.1. The summed E-state index contributed by atoms with van der Waals surface area (Å²) in [5, 5.41) is 15.0. The Labute approximate surface area is 188 Å².